The van der Waals surface area contributed by atoms with Crippen molar-refractivity contribution in [2.75, 3.05) is 19.0 Å². The first kappa shape index (κ1) is 14.7. The van der Waals surface area contributed by atoms with Crippen LogP contribution in [0.2, 0.25) is 5.02 Å². The molecule has 1 fully saturated rings. The van der Waals surface area contributed by atoms with Crippen LogP contribution in [0.4, 0.5) is 5.69 Å². The molecule has 19 heavy (non-hydrogen) atoms. The second-order valence-electron chi connectivity index (χ2n) is 5.83. The third-order valence-corrected chi connectivity index (χ3v) is 4.56. The van der Waals surface area contributed by atoms with Gasteiger partial charge in [-0.05, 0) is 62.4 Å². The van der Waals surface area contributed by atoms with Gasteiger partial charge in [0.25, 0.3) is 0 Å². The van der Waals surface area contributed by atoms with Crippen LogP contribution in [0.3, 0.4) is 0 Å². The van der Waals surface area contributed by atoms with Gasteiger partial charge >= 0.3 is 0 Å². The topological polar surface area (TPSA) is 15.3 Å². The SMILES string of the molecule is CNCc1cc(Cl)ccc1N(C)C1CCC(C)CC1. The lowest BCUT2D eigenvalue weighted by molar-refractivity contribution is 0.340. The molecule has 1 N–H and O–H groups in total. The lowest BCUT2D eigenvalue weighted by Crippen LogP contribution is -2.35. The summed E-state index contributed by atoms with van der Waals surface area (Å²) >= 11 is 6.12. The molecule has 0 aliphatic heterocycles. The molecule has 0 unspecified atom stereocenters. The fourth-order valence-corrected chi connectivity index (χ4v) is 3.25. The van der Waals surface area contributed by atoms with Crippen LogP contribution in [0, 0.1) is 5.92 Å². The van der Waals surface area contributed by atoms with E-state index in [1.807, 2.05) is 13.1 Å². The number of nitrogens with one attached hydrogen (secondary N) is 1. The van der Waals surface area contributed by atoms with Crippen LogP contribution in [0.15, 0.2) is 18.2 Å². The van der Waals surface area contributed by atoms with Crippen LogP contribution >= 0.6 is 11.6 Å². The monoisotopic (exact) mass is 280 g/mol. The summed E-state index contributed by atoms with van der Waals surface area (Å²) in [6.45, 7) is 3.23. The fourth-order valence-electron chi connectivity index (χ4n) is 3.06. The van der Waals surface area contributed by atoms with Crippen LogP contribution in [0.25, 0.3) is 0 Å². The number of rotatable bonds is 4. The van der Waals surface area contributed by atoms with Crippen molar-refractivity contribution in [1.82, 2.24) is 5.32 Å². The van der Waals surface area contributed by atoms with E-state index in [1.165, 1.54) is 36.9 Å². The van der Waals surface area contributed by atoms with E-state index >= 15 is 0 Å². The minimum Gasteiger partial charge on any atom is -0.371 e. The van der Waals surface area contributed by atoms with E-state index in [1.54, 1.807) is 0 Å². The van der Waals surface area contributed by atoms with Gasteiger partial charge in [0, 0.05) is 30.3 Å². The minimum absolute atomic E-state index is 0.674. The van der Waals surface area contributed by atoms with E-state index in [-0.39, 0.29) is 0 Å². The molecule has 3 heteroatoms. The highest BCUT2D eigenvalue weighted by molar-refractivity contribution is 6.30. The van der Waals surface area contributed by atoms with E-state index in [2.05, 4.69) is 36.3 Å². The molecule has 1 aliphatic rings. The Bertz CT molecular complexity index is 411. The molecule has 0 bridgehead atoms. The number of hydrogen-bond donors (Lipinski definition) is 1. The first-order chi connectivity index (χ1) is 9.11. The lowest BCUT2D eigenvalue weighted by atomic mass is 9.86. The van der Waals surface area contributed by atoms with Gasteiger partial charge in [0.15, 0.2) is 0 Å². The number of nitrogens with zero attached hydrogens (tertiary/aromatic N) is 1. The van der Waals surface area contributed by atoms with E-state index < -0.39 is 0 Å². The van der Waals surface area contributed by atoms with E-state index in [9.17, 15) is 0 Å². The molecule has 0 atom stereocenters. The first-order valence-corrected chi connectivity index (χ1v) is 7.65. The molecular weight excluding hydrogens is 256 g/mol. The van der Waals surface area contributed by atoms with E-state index in [0.29, 0.717) is 6.04 Å². The van der Waals surface area contributed by atoms with Crippen LogP contribution in [-0.2, 0) is 6.54 Å². The maximum Gasteiger partial charge on any atom is 0.0412 e. The Labute approximate surface area is 122 Å². The number of halogens is 1. The molecule has 0 aromatic heterocycles. The van der Waals surface area contributed by atoms with Crippen LogP contribution in [0.5, 0.6) is 0 Å². The highest BCUT2D eigenvalue weighted by atomic mass is 35.5. The Hall–Kier alpha value is -0.730. The van der Waals surface area contributed by atoms with Crippen LogP contribution in [0.1, 0.15) is 38.2 Å². The Morgan fingerprint density at radius 2 is 1.95 bits per heavy atom. The molecule has 0 saturated heterocycles. The molecule has 1 aromatic rings. The largest absolute Gasteiger partial charge is 0.371 e. The van der Waals surface area contributed by atoms with Gasteiger partial charge in [-0.2, -0.15) is 0 Å². The standard InChI is InChI=1S/C16H25ClN2/c1-12-4-7-15(8-5-12)19(3)16-9-6-14(17)10-13(16)11-18-2/h6,9-10,12,15,18H,4-5,7-8,11H2,1-3H3. The normalized spacial score (nSPS) is 23.4. The van der Waals surface area contributed by atoms with Gasteiger partial charge < -0.3 is 10.2 Å². The summed E-state index contributed by atoms with van der Waals surface area (Å²) in [5.41, 5.74) is 2.61. The molecule has 1 aliphatic carbocycles. The zero-order valence-corrected chi connectivity index (χ0v) is 13.0. The van der Waals surface area contributed by atoms with Crippen molar-refractivity contribution in [3.05, 3.63) is 28.8 Å². The first-order valence-electron chi connectivity index (χ1n) is 7.27. The van der Waals surface area contributed by atoms with Crippen molar-refractivity contribution in [3.8, 4) is 0 Å². The Morgan fingerprint density at radius 3 is 2.58 bits per heavy atom. The van der Waals surface area contributed by atoms with Crippen LogP contribution in [-0.4, -0.2) is 20.1 Å². The average molecular weight is 281 g/mol. The van der Waals surface area contributed by atoms with Crippen molar-refractivity contribution < 1.29 is 0 Å². The zero-order valence-electron chi connectivity index (χ0n) is 12.2. The molecule has 106 valence electrons. The molecule has 0 heterocycles. The summed E-state index contributed by atoms with van der Waals surface area (Å²) in [4.78, 5) is 2.45. The highest BCUT2D eigenvalue weighted by Crippen LogP contribution is 2.31. The smallest absolute Gasteiger partial charge is 0.0412 e. The van der Waals surface area contributed by atoms with Gasteiger partial charge in [0.2, 0.25) is 0 Å². The average Bonchev–Trinajstić information content (AvgIpc) is 2.39. The zero-order chi connectivity index (χ0) is 13.8. The molecule has 2 nitrogen and oxygen atoms in total. The second-order valence-corrected chi connectivity index (χ2v) is 6.26. The lowest BCUT2D eigenvalue weighted by Gasteiger charge is -2.36. The second kappa shape index (κ2) is 6.62. The molecule has 0 radical (unpaired) electrons. The summed E-state index contributed by atoms with van der Waals surface area (Å²) in [7, 11) is 4.20. The fraction of sp³-hybridized carbons (Fsp3) is 0.625. The van der Waals surface area contributed by atoms with E-state index in [0.717, 1.165) is 17.5 Å². The van der Waals surface area contributed by atoms with E-state index in [4.69, 9.17) is 11.6 Å². The summed E-state index contributed by atoms with van der Waals surface area (Å²) in [5.74, 6) is 0.895. The maximum atomic E-state index is 6.12. The van der Waals surface area contributed by atoms with Crippen molar-refractivity contribution in [1.29, 1.82) is 0 Å². The molecule has 0 amide bonds. The van der Waals surface area contributed by atoms with Gasteiger partial charge in [-0.3, -0.25) is 0 Å². The molecule has 0 spiro atoms. The third-order valence-electron chi connectivity index (χ3n) is 4.32. The summed E-state index contributed by atoms with van der Waals surface area (Å²) in [6, 6.07) is 6.91. The quantitative estimate of drug-likeness (QED) is 0.894. The van der Waals surface area contributed by atoms with Crippen molar-refractivity contribution >= 4 is 17.3 Å². The molecule has 1 aromatic carbocycles. The van der Waals surface area contributed by atoms with Gasteiger partial charge in [0.1, 0.15) is 0 Å². The van der Waals surface area contributed by atoms with Gasteiger partial charge in [0.05, 0.1) is 0 Å². The molecular formula is C16H25ClN2. The number of benzene rings is 1. The highest BCUT2D eigenvalue weighted by Gasteiger charge is 2.23. The van der Waals surface area contributed by atoms with Gasteiger partial charge in [-0.15, -0.1) is 0 Å². The van der Waals surface area contributed by atoms with Crippen molar-refractivity contribution in [2.45, 2.75) is 45.2 Å². The number of hydrogen-bond acceptors (Lipinski definition) is 2. The minimum atomic E-state index is 0.674. The van der Waals surface area contributed by atoms with Gasteiger partial charge in [-0.1, -0.05) is 18.5 Å². The Balaban J connectivity index is 2.15. The number of anilines is 1. The molecule has 1 saturated carbocycles. The summed E-state index contributed by atoms with van der Waals surface area (Å²) in [5, 5.41) is 4.05. The Morgan fingerprint density at radius 1 is 1.26 bits per heavy atom. The van der Waals surface area contributed by atoms with Gasteiger partial charge in [-0.25, -0.2) is 0 Å². The van der Waals surface area contributed by atoms with Crippen molar-refractivity contribution in [3.63, 3.8) is 0 Å². The summed E-state index contributed by atoms with van der Waals surface area (Å²) < 4.78 is 0. The molecule has 2 rings (SSSR count). The predicted molar refractivity (Wildman–Crippen MR) is 84.0 cm³/mol. The van der Waals surface area contributed by atoms with Crippen LogP contribution < -0.4 is 10.2 Å². The third kappa shape index (κ3) is 3.64. The maximum absolute atomic E-state index is 6.12. The summed E-state index contributed by atoms with van der Waals surface area (Å²) in [6.07, 6.45) is 5.31. The van der Waals surface area contributed by atoms with Crippen molar-refractivity contribution in [2.24, 2.45) is 5.92 Å². The Kier molecular flexibility index (Phi) is 5.12. The predicted octanol–water partition coefficient (Wildman–Crippen LogP) is 4.07.